The van der Waals surface area contributed by atoms with Crippen molar-refractivity contribution in [3.05, 3.63) is 82.1 Å². The first-order valence-corrected chi connectivity index (χ1v) is 9.63. The van der Waals surface area contributed by atoms with Crippen LogP contribution in [-0.2, 0) is 5.41 Å². The van der Waals surface area contributed by atoms with Gasteiger partial charge in [-0.1, -0.05) is 29.8 Å². The monoisotopic (exact) mass is 414 g/mol. The van der Waals surface area contributed by atoms with Crippen LogP contribution in [0.4, 0.5) is 5.69 Å². The number of hydrogen-bond acceptors (Lipinski definition) is 4. The Morgan fingerprint density at radius 2 is 1.90 bits per heavy atom. The summed E-state index contributed by atoms with van der Waals surface area (Å²) in [4.78, 5) is 16.9. The van der Waals surface area contributed by atoms with Crippen LogP contribution in [0.1, 0.15) is 40.9 Å². The first-order chi connectivity index (χ1) is 14.2. The third kappa shape index (κ3) is 4.33. The summed E-state index contributed by atoms with van der Waals surface area (Å²) in [5.74, 6) is -0.271. The smallest absolute Gasteiger partial charge is 0.255 e. The van der Waals surface area contributed by atoms with Crippen LogP contribution < -0.4 is 5.32 Å². The molecular weight excluding hydrogens is 396 g/mol. The van der Waals surface area contributed by atoms with Crippen molar-refractivity contribution in [3.63, 3.8) is 0 Å². The third-order valence-corrected chi connectivity index (χ3v) is 5.19. The molecule has 3 aromatic rings. The Morgan fingerprint density at radius 3 is 2.60 bits per heavy atom. The fourth-order valence-corrected chi connectivity index (χ4v) is 3.15. The van der Waals surface area contributed by atoms with E-state index in [1.165, 1.54) is 0 Å². The van der Waals surface area contributed by atoms with Gasteiger partial charge in [0.25, 0.3) is 5.91 Å². The highest BCUT2D eigenvalue weighted by Crippen LogP contribution is 2.29. The highest BCUT2D eigenvalue weighted by Gasteiger charge is 2.21. The zero-order valence-corrected chi connectivity index (χ0v) is 17.6. The molecule has 0 aliphatic rings. The predicted octanol–water partition coefficient (Wildman–Crippen LogP) is 5.64. The molecule has 2 aromatic carbocycles. The van der Waals surface area contributed by atoms with E-state index >= 15 is 0 Å². The second kappa shape index (κ2) is 8.37. The lowest BCUT2D eigenvalue weighted by Crippen LogP contribution is -2.17. The van der Waals surface area contributed by atoms with Gasteiger partial charge in [-0.25, -0.2) is 4.98 Å². The summed E-state index contributed by atoms with van der Waals surface area (Å²) in [5, 5.41) is 21.6. The van der Waals surface area contributed by atoms with Crippen LogP contribution in [-0.4, -0.2) is 10.9 Å². The van der Waals surface area contributed by atoms with Gasteiger partial charge in [-0.05, 0) is 67.8 Å². The number of carbonyl (C=O) groups is 1. The Labute approximate surface area is 180 Å². The standard InChI is InChI=1S/C24H19ClN4O/c1-15-7-8-20(11-21(15)18-9-17(12-26)22(25)28-13-18)29-23(30)16-5-4-6-19(10-16)24(2,3)14-27/h4-11,13H,1-3H3,(H,29,30). The molecule has 1 amide bonds. The zero-order valence-electron chi connectivity index (χ0n) is 16.8. The van der Waals surface area contributed by atoms with E-state index in [0.29, 0.717) is 16.8 Å². The van der Waals surface area contributed by atoms with Gasteiger partial charge in [0, 0.05) is 23.0 Å². The van der Waals surface area contributed by atoms with Crippen molar-refractivity contribution >= 4 is 23.2 Å². The first-order valence-electron chi connectivity index (χ1n) is 9.25. The van der Waals surface area contributed by atoms with Crippen molar-refractivity contribution in [2.45, 2.75) is 26.2 Å². The molecule has 1 aromatic heterocycles. The van der Waals surface area contributed by atoms with Crippen molar-refractivity contribution in [3.8, 4) is 23.3 Å². The molecule has 5 nitrogen and oxygen atoms in total. The van der Waals surface area contributed by atoms with E-state index in [0.717, 1.165) is 22.3 Å². The average molecular weight is 415 g/mol. The van der Waals surface area contributed by atoms with Crippen molar-refractivity contribution < 1.29 is 4.79 Å². The number of anilines is 1. The van der Waals surface area contributed by atoms with E-state index in [9.17, 15) is 15.3 Å². The van der Waals surface area contributed by atoms with Crippen molar-refractivity contribution in [1.29, 1.82) is 10.5 Å². The summed E-state index contributed by atoms with van der Waals surface area (Å²) in [6.07, 6.45) is 1.60. The first kappa shape index (κ1) is 21.0. The number of aromatic nitrogens is 1. The highest BCUT2D eigenvalue weighted by atomic mass is 35.5. The summed E-state index contributed by atoms with van der Waals surface area (Å²) >= 11 is 5.94. The lowest BCUT2D eigenvalue weighted by molar-refractivity contribution is 0.102. The molecule has 6 heteroatoms. The fourth-order valence-electron chi connectivity index (χ4n) is 3.00. The predicted molar refractivity (Wildman–Crippen MR) is 117 cm³/mol. The molecule has 0 saturated carbocycles. The van der Waals surface area contributed by atoms with Crippen molar-refractivity contribution in [2.24, 2.45) is 0 Å². The molecule has 0 spiro atoms. The number of hydrogen-bond donors (Lipinski definition) is 1. The fraction of sp³-hybridized carbons (Fsp3) is 0.167. The molecule has 0 aliphatic carbocycles. The molecule has 1 heterocycles. The van der Waals surface area contributed by atoms with Crippen LogP contribution in [0.5, 0.6) is 0 Å². The van der Waals surface area contributed by atoms with Crippen LogP contribution in [0.2, 0.25) is 5.15 Å². The van der Waals surface area contributed by atoms with Gasteiger partial charge in [-0.2, -0.15) is 10.5 Å². The van der Waals surface area contributed by atoms with Gasteiger partial charge in [0.2, 0.25) is 0 Å². The van der Waals surface area contributed by atoms with E-state index in [1.807, 2.05) is 51.1 Å². The number of amides is 1. The molecule has 30 heavy (non-hydrogen) atoms. The molecule has 0 aliphatic heterocycles. The molecule has 0 atom stereocenters. The summed E-state index contributed by atoms with van der Waals surface area (Å²) in [6.45, 7) is 5.56. The minimum Gasteiger partial charge on any atom is -0.322 e. The van der Waals surface area contributed by atoms with Crippen LogP contribution in [0.3, 0.4) is 0 Å². The maximum atomic E-state index is 12.8. The topological polar surface area (TPSA) is 89.6 Å². The average Bonchev–Trinajstić information content (AvgIpc) is 2.75. The lowest BCUT2D eigenvalue weighted by Gasteiger charge is -2.16. The van der Waals surface area contributed by atoms with E-state index in [2.05, 4.69) is 16.4 Å². The molecular formula is C24H19ClN4O. The van der Waals surface area contributed by atoms with Crippen LogP contribution in [0.25, 0.3) is 11.1 Å². The van der Waals surface area contributed by atoms with Crippen LogP contribution >= 0.6 is 11.6 Å². The van der Waals surface area contributed by atoms with E-state index < -0.39 is 5.41 Å². The molecule has 0 saturated heterocycles. The number of rotatable bonds is 4. The van der Waals surface area contributed by atoms with Crippen LogP contribution in [0, 0.1) is 29.6 Å². The van der Waals surface area contributed by atoms with E-state index in [-0.39, 0.29) is 11.1 Å². The SMILES string of the molecule is Cc1ccc(NC(=O)c2cccc(C(C)(C)C#N)c2)cc1-c1cnc(Cl)c(C#N)c1. The van der Waals surface area contributed by atoms with Gasteiger partial charge in [-0.3, -0.25) is 4.79 Å². The maximum Gasteiger partial charge on any atom is 0.255 e. The van der Waals surface area contributed by atoms with Gasteiger partial charge in [0.1, 0.15) is 11.2 Å². The molecule has 0 fully saturated rings. The Hall–Kier alpha value is -3.67. The number of nitrogens with zero attached hydrogens (tertiary/aromatic N) is 3. The Kier molecular flexibility index (Phi) is 5.87. The minimum absolute atomic E-state index is 0.156. The number of nitriles is 2. The third-order valence-electron chi connectivity index (χ3n) is 4.89. The molecule has 1 N–H and O–H groups in total. The van der Waals surface area contributed by atoms with Gasteiger partial charge in [0.15, 0.2) is 0 Å². The second-order valence-corrected chi connectivity index (χ2v) is 7.83. The minimum atomic E-state index is -0.687. The summed E-state index contributed by atoms with van der Waals surface area (Å²) in [5.41, 5.74) is 4.01. The number of aryl methyl sites for hydroxylation is 1. The second-order valence-electron chi connectivity index (χ2n) is 7.48. The zero-order chi connectivity index (χ0) is 21.9. The number of nitrogens with one attached hydrogen (secondary N) is 1. The van der Waals surface area contributed by atoms with Gasteiger partial charge >= 0.3 is 0 Å². The highest BCUT2D eigenvalue weighted by molar-refractivity contribution is 6.30. The summed E-state index contributed by atoms with van der Waals surface area (Å²) in [7, 11) is 0. The van der Waals surface area contributed by atoms with E-state index in [4.69, 9.17) is 11.6 Å². The summed E-state index contributed by atoms with van der Waals surface area (Å²) < 4.78 is 0. The van der Waals surface area contributed by atoms with Gasteiger partial charge in [0.05, 0.1) is 17.0 Å². The Balaban J connectivity index is 1.91. The quantitative estimate of drug-likeness (QED) is 0.559. The number of halogens is 1. The number of pyridine rings is 1. The molecule has 0 radical (unpaired) electrons. The summed E-state index contributed by atoms with van der Waals surface area (Å²) in [6, 6.07) is 18.5. The molecule has 148 valence electrons. The normalized spacial score (nSPS) is 10.7. The van der Waals surface area contributed by atoms with Crippen molar-refractivity contribution in [2.75, 3.05) is 5.32 Å². The molecule has 0 unspecified atom stereocenters. The largest absolute Gasteiger partial charge is 0.322 e. The number of benzene rings is 2. The van der Waals surface area contributed by atoms with Crippen molar-refractivity contribution in [1.82, 2.24) is 4.98 Å². The molecule has 3 rings (SSSR count). The van der Waals surface area contributed by atoms with Crippen LogP contribution in [0.15, 0.2) is 54.7 Å². The maximum absolute atomic E-state index is 12.8. The van der Waals surface area contributed by atoms with Gasteiger partial charge < -0.3 is 5.32 Å². The lowest BCUT2D eigenvalue weighted by atomic mass is 9.85. The Bertz CT molecular complexity index is 1220. The van der Waals surface area contributed by atoms with E-state index in [1.54, 1.807) is 30.5 Å². The van der Waals surface area contributed by atoms with Gasteiger partial charge in [-0.15, -0.1) is 0 Å². The molecule has 0 bridgehead atoms. The Morgan fingerprint density at radius 1 is 1.13 bits per heavy atom. The number of carbonyl (C=O) groups excluding carboxylic acids is 1.